The van der Waals surface area contributed by atoms with Gasteiger partial charge in [0.05, 0.1) is 6.10 Å². The average molecular weight is 220 g/mol. The Labute approximate surface area is 99.3 Å². The summed E-state index contributed by atoms with van der Waals surface area (Å²) in [4.78, 5) is 0. The van der Waals surface area contributed by atoms with Crippen molar-refractivity contribution in [3.63, 3.8) is 0 Å². The maximum absolute atomic E-state index is 10.1. The van der Waals surface area contributed by atoms with Gasteiger partial charge < -0.3 is 5.11 Å². The van der Waals surface area contributed by atoms with Gasteiger partial charge in [-0.25, -0.2) is 0 Å². The van der Waals surface area contributed by atoms with Crippen molar-refractivity contribution in [3.05, 3.63) is 23.8 Å². The summed E-state index contributed by atoms with van der Waals surface area (Å²) < 4.78 is 0. The molecule has 1 fully saturated rings. The second-order valence-electron chi connectivity index (χ2n) is 6.30. The molecule has 0 aromatic rings. The number of hydrogen-bond acceptors (Lipinski definition) is 1. The summed E-state index contributed by atoms with van der Waals surface area (Å²) in [6.07, 6.45) is 6.27. The molecule has 0 aromatic heterocycles. The molecule has 0 heterocycles. The van der Waals surface area contributed by atoms with Crippen LogP contribution in [0.3, 0.4) is 0 Å². The molecule has 0 aromatic carbocycles. The van der Waals surface area contributed by atoms with E-state index < -0.39 is 0 Å². The second-order valence-corrected chi connectivity index (χ2v) is 6.30. The Morgan fingerprint density at radius 2 is 2.12 bits per heavy atom. The minimum Gasteiger partial charge on any atom is -0.389 e. The van der Waals surface area contributed by atoms with Gasteiger partial charge in [0.15, 0.2) is 0 Å². The van der Waals surface area contributed by atoms with Crippen LogP contribution in [0.25, 0.3) is 0 Å². The van der Waals surface area contributed by atoms with Crippen LogP contribution in [0, 0.1) is 17.3 Å². The first kappa shape index (κ1) is 11.9. The number of hydrogen-bond donors (Lipinski definition) is 1. The Kier molecular flexibility index (Phi) is 3.00. The van der Waals surface area contributed by atoms with Crippen molar-refractivity contribution in [3.8, 4) is 0 Å². The normalized spacial score (nSPS) is 38.6. The summed E-state index contributed by atoms with van der Waals surface area (Å²) in [5, 5.41) is 10.1. The van der Waals surface area contributed by atoms with E-state index in [4.69, 9.17) is 0 Å². The standard InChI is InChI=1S/C15H24O/c1-10-6-5-7-11(2)14(16)9-15(3,4)13-8-12(10)13/h7,12-14,16H,1,5-6,8-9H2,2-4H3. The number of aliphatic hydroxyl groups is 1. The Morgan fingerprint density at radius 1 is 1.44 bits per heavy atom. The molecule has 3 atom stereocenters. The minimum atomic E-state index is -0.248. The molecule has 1 nitrogen and oxygen atoms in total. The number of allylic oxidation sites excluding steroid dienone is 2. The molecule has 0 radical (unpaired) electrons. The van der Waals surface area contributed by atoms with E-state index in [0.717, 1.165) is 36.7 Å². The highest BCUT2D eigenvalue weighted by Gasteiger charge is 2.48. The van der Waals surface area contributed by atoms with Gasteiger partial charge >= 0.3 is 0 Å². The van der Waals surface area contributed by atoms with Crippen LogP contribution in [0.5, 0.6) is 0 Å². The van der Waals surface area contributed by atoms with Crippen LogP contribution >= 0.6 is 0 Å². The van der Waals surface area contributed by atoms with Crippen molar-refractivity contribution in [1.82, 2.24) is 0 Å². The van der Waals surface area contributed by atoms with Crippen LogP contribution in [-0.4, -0.2) is 11.2 Å². The summed E-state index contributed by atoms with van der Waals surface area (Å²) in [7, 11) is 0. The van der Waals surface area contributed by atoms with Crippen molar-refractivity contribution < 1.29 is 5.11 Å². The third-order valence-corrected chi connectivity index (χ3v) is 4.50. The highest BCUT2D eigenvalue weighted by Crippen LogP contribution is 2.57. The largest absolute Gasteiger partial charge is 0.389 e. The molecule has 0 amide bonds. The predicted molar refractivity (Wildman–Crippen MR) is 68.1 cm³/mol. The highest BCUT2D eigenvalue weighted by atomic mass is 16.3. The van der Waals surface area contributed by atoms with E-state index in [1.54, 1.807) is 0 Å². The summed E-state index contributed by atoms with van der Waals surface area (Å²) in [6, 6.07) is 0. The molecule has 3 unspecified atom stereocenters. The van der Waals surface area contributed by atoms with Gasteiger partial charge in [0.25, 0.3) is 0 Å². The zero-order valence-corrected chi connectivity index (χ0v) is 10.8. The molecule has 0 spiro atoms. The van der Waals surface area contributed by atoms with Gasteiger partial charge in [-0.05, 0) is 55.4 Å². The summed E-state index contributed by atoms with van der Waals surface area (Å²) in [5.74, 6) is 1.48. The molecule has 2 aliphatic rings. The van der Waals surface area contributed by atoms with Gasteiger partial charge in [-0.2, -0.15) is 0 Å². The monoisotopic (exact) mass is 220 g/mol. The lowest BCUT2D eigenvalue weighted by molar-refractivity contribution is 0.126. The van der Waals surface area contributed by atoms with Crippen LogP contribution in [-0.2, 0) is 0 Å². The van der Waals surface area contributed by atoms with E-state index >= 15 is 0 Å². The Bertz CT molecular complexity index is 324. The first-order chi connectivity index (χ1) is 7.42. The molecule has 2 aliphatic carbocycles. The van der Waals surface area contributed by atoms with Crippen molar-refractivity contribution in [1.29, 1.82) is 0 Å². The first-order valence-corrected chi connectivity index (χ1v) is 6.44. The number of rotatable bonds is 0. The quantitative estimate of drug-likeness (QED) is 0.617. The molecule has 16 heavy (non-hydrogen) atoms. The van der Waals surface area contributed by atoms with Crippen LogP contribution in [0.15, 0.2) is 23.8 Å². The zero-order valence-electron chi connectivity index (χ0n) is 10.8. The van der Waals surface area contributed by atoms with E-state index in [-0.39, 0.29) is 11.5 Å². The molecule has 0 bridgehead atoms. The van der Waals surface area contributed by atoms with Gasteiger partial charge in [0, 0.05) is 0 Å². The fourth-order valence-electron chi connectivity index (χ4n) is 3.13. The van der Waals surface area contributed by atoms with Crippen molar-refractivity contribution in [2.45, 2.75) is 52.6 Å². The lowest BCUT2D eigenvalue weighted by atomic mass is 9.78. The molecule has 0 aliphatic heterocycles. The summed E-state index contributed by atoms with van der Waals surface area (Å²) >= 11 is 0. The van der Waals surface area contributed by atoms with Crippen molar-refractivity contribution >= 4 is 0 Å². The van der Waals surface area contributed by atoms with Crippen LogP contribution < -0.4 is 0 Å². The molecule has 0 saturated heterocycles. The van der Waals surface area contributed by atoms with Crippen LogP contribution in [0.4, 0.5) is 0 Å². The topological polar surface area (TPSA) is 20.2 Å². The maximum atomic E-state index is 10.1. The zero-order chi connectivity index (χ0) is 11.9. The average Bonchev–Trinajstić information content (AvgIpc) is 2.95. The number of aliphatic hydroxyl groups excluding tert-OH is 1. The van der Waals surface area contributed by atoms with Gasteiger partial charge in [-0.1, -0.05) is 32.1 Å². The summed E-state index contributed by atoms with van der Waals surface area (Å²) in [6.45, 7) is 10.9. The smallest absolute Gasteiger partial charge is 0.0752 e. The third kappa shape index (κ3) is 2.24. The SMILES string of the molecule is C=C1CCC=C(C)C(O)CC(C)(C)C2CC12. The predicted octanol–water partition coefficient (Wildman–Crippen LogP) is 3.70. The lowest BCUT2D eigenvalue weighted by Gasteiger charge is -2.29. The molecule has 2 rings (SSSR count). The van der Waals surface area contributed by atoms with E-state index in [9.17, 15) is 5.11 Å². The van der Waals surface area contributed by atoms with Gasteiger partial charge in [-0.15, -0.1) is 0 Å². The second kappa shape index (κ2) is 4.03. The van der Waals surface area contributed by atoms with Crippen LogP contribution in [0.1, 0.15) is 46.5 Å². The van der Waals surface area contributed by atoms with E-state index in [0.29, 0.717) is 0 Å². The fourth-order valence-corrected chi connectivity index (χ4v) is 3.13. The molecular formula is C15H24O. The Hall–Kier alpha value is -0.560. The fraction of sp³-hybridized carbons (Fsp3) is 0.733. The maximum Gasteiger partial charge on any atom is 0.0752 e. The molecular weight excluding hydrogens is 196 g/mol. The Morgan fingerprint density at radius 3 is 2.81 bits per heavy atom. The lowest BCUT2D eigenvalue weighted by Crippen LogP contribution is -2.24. The highest BCUT2D eigenvalue weighted by molar-refractivity contribution is 5.18. The van der Waals surface area contributed by atoms with Crippen LogP contribution in [0.2, 0.25) is 0 Å². The molecule has 90 valence electrons. The van der Waals surface area contributed by atoms with E-state index in [2.05, 4.69) is 33.4 Å². The van der Waals surface area contributed by atoms with Crippen molar-refractivity contribution in [2.24, 2.45) is 17.3 Å². The van der Waals surface area contributed by atoms with Gasteiger partial charge in [0.2, 0.25) is 0 Å². The molecule has 1 heteroatoms. The molecule has 1 N–H and O–H groups in total. The van der Waals surface area contributed by atoms with E-state index in [1.165, 1.54) is 12.0 Å². The minimum absolute atomic E-state index is 0.248. The van der Waals surface area contributed by atoms with Gasteiger partial charge in [0.1, 0.15) is 0 Å². The van der Waals surface area contributed by atoms with Crippen molar-refractivity contribution in [2.75, 3.05) is 0 Å². The number of fused-ring (bicyclic) bond motifs is 1. The van der Waals surface area contributed by atoms with Gasteiger partial charge in [-0.3, -0.25) is 0 Å². The molecule has 1 saturated carbocycles. The first-order valence-electron chi connectivity index (χ1n) is 6.44. The Balaban J connectivity index is 2.18. The third-order valence-electron chi connectivity index (χ3n) is 4.50. The van der Waals surface area contributed by atoms with E-state index in [1.807, 2.05) is 0 Å². The summed E-state index contributed by atoms with van der Waals surface area (Å²) in [5.41, 5.74) is 2.82.